The summed E-state index contributed by atoms with van der Waals surface area (Å²) in [6.45, 7) is 0. The fourth-order valence-electron chi connectivity index (χ4n) is 2.54. The molecule has 2 aromatic rings. The monoisotopic (exact) mass is 344 g/mol. The molecule has 0 atom stereocenters. The fraction of sp³-hybridized carbons (Fsp3) is 0.176. The second-order valence-corrected chi connectivity index (χ2v) is 7.12. The van der Waals surface area contributed by atoms with E-state index in [1.165, 1.54) is 24.3 Å². The molecular formula is C17H16N2O4S. The highest BCUT2D eigenvalue weighted by Crippen LogP contribution is 2.24. The van der Waals surface area contributed by atoms with Gasteiger partial charge in [-0.1, -0.05) is 18.2 Å². The van der Waals surface area contributed by atoms with Crippen LogP contribution in [-0.2, 0) is 19.6 Å². The van der Waals surface area contributed by atoms with Gasteiger partial charge in [0.15, 0.2) is 0 Å². The van der Waals surface area contributed by atoms with Gasteiger partial charge in [0.1, 0.15) is 0 Å². The topological polar surface area (TPSA) is 83.6 Å². The number of anilines is 2. The number of hydrogen-bond acceptors (Lipinski definition) is 4. The number of imide groups is 1. The maximum atomic E-state index is 12.4. The number of carbonyl (C=O) groups excluding carboxylic acids is 2. The number of nitrogens with zero attached hydrogens (tertiary/aromatic N) is 1. The largest absolute Gasteiger partial charge is 0.280 e. The highest BCUT2D eigenvalue weighted by molar-refractivity contribution is 7.92. The van der Waals surface area contributed by atoms with E-state index in [9.17, 15) is 18.0 Å². The van der Waals surface area contributed by atoms with Crippen molar-refractivity contribution in [3.8, 4) is 0 Å². The summed E-state index contributed by atoms with van der Waals surface area (Å²) in [7, 11) is -3.73. The van der Waals surface area contributed by atoms with Crippen LogP contribution in [0.5, 0.6) is 0 Å². The number of hydrogen-bond donors (Lipinski definition) is 1. The van der Waals surface area contributed by atoms with E-state index >= 15 is 0 Å². The van der Waals surface area contributed by atoms with Gasteiger partial charge in [0, 0.05) is 18.5 Å². The Labute approximate surface area is 140 Å². The van der Waals surface area contributed by atoms with Crippen molar-refractivity contribution in [3.05, 3.63) is 54.6 Å². The normalized spacial score (nSPS) is 15.4. The van der Waals surface area contributed by atoms with Gasteiger partial charge in [-0.05, 0) is 42.8 Å². The minimum atomic E-state index is -3.73. The first-order valence-corrected chi connectivity index (χ1v) is 8.99. The molecule has 0 spiro atoms. The van der Waals surface area contributed by atoms with Crippen LogP contribution in [0, 0.1) is 0 Å². The molecule has 1 N–H and O–H groups in total. The molecular weight excluding hydrogens is 328 g/mol. The van der Waals surface area contributed by atoms with Crippen LogP contribution < -0.4 is 9.62 Å². The number of piperidine rings is 1. The lowest BCUT2D eigenvalue weighted by atomic mass is 10.1. The van der Waals surface area contributed by atoms with Crippen LogP contribution in [0.4, 0.5) is 11.4 Å². The van der Waals surface area contributed by atoms with Crippen LogP contribution >= 0.6 is 0 Å². The third kappa shape index (κ3) is 3.30. The molecule has 1 aliphatic rings. The zero-order valence-electron chi connectivity index (χ0n) is 12.8. The molecule has 124 valence electrons. The number of nitrogens with one attached hydrogen (secondary N) is 1. The van der Waals surface area contributed by atoms with Crippen LogP contribution in [0.15, 0.2) is 59.5 Å². The van der Waals surface area contributed by atoms with E-state index in [0.717, 1.165) is 4.90 Å². The lowest BCUT2D eigenvalue weighted by Crippen LogP contribution is -2.40. The Kier molecular flexibility index (Phi) is 4.35. The van der Waals surface area contributed by atoms with Gasteiger partial charge >= 0.3 is 0 Å². The Morgan fingerprint density at radius 3 is 2.00 bits per heavy atom. The summed E-state index contributed by atoms with van der Waals surface area (Å²) in [5.74, 6) is -0.520. The molecule has 6 nitrogen and oxygen atoms in total. The number of benzene rings is 2. The maximum Gasteiger partial charge on any atom is 0.261 e. The Balaban J connectivity index is 1.83. The SMILES string of the molecule is O=C1CCCC(=O)N1c1ccc(S(=O)(=O)Nc2ccccc2)cc1. The Morgan fingerprint density at radius 2 is 1.42 bits per heavy atom. The van der Waals surface area contributed by atoms with Crippen LogP contribution in [0.25, 0.3) is 0 Å². The summed E-state index contributed by atoms with van der Waals surface area (Å²) in [4.78, 5) is 25.0. The first-order valence-electron chi connectivity index (χ1n) is 7.51. The number of para-hydroxylation sites is 1. The van der Waals surface area contributed by atoms with E-state index in [-0.39, 0.29) is 16.7 Å². The average molecular weight is 344 g/mol. The summed E-state index contributed by atoms with van der Waals surface area (Å²) < 4.78 is 27.2. The second-order valence-electron chi connectivity index (χ2n) is 5.44. The maximum absolute atomic E-state index is 12.4. The third-order valence-electron chi connectivity index (χ3n) is 3.71. The summed E-state index contributed by atoms with van der Waals surface area (Å²) in [6, 6.07) is 14.3. The van der Waals surface area contributed by atoms with E-state index in [1.807, 2.05) is 0 Å². The zero-order chi connectivity index (χ0) is 17.2. The molecule has 2 amide bonds. The first-order chi connectivity index (χ1) is 11.5. The van der Waals surface area contributed by atoms with Crippen LogP contribution in [0.3, 0.4) is 0 Å². The Morgan fingerprint density at radius 1 is 0.833 bits per heavy atom. The van der Waals surface area contributed by atoms with Crippen molar-refractivity contribution in [2.75, 3.05) is 9.62 Å². The van der Waals surface area contributed by atoms with Gasteiger partial charge in [-0.2, -0.15) is 0 Å². The summed E-state index contributed by atoms with van der Waals surface area (Å²) in [5.41, 5.74) is 0.853. The van der Waals surface area contributed by atoms with Gasteiger partial charge < -0.3 is 0 Å². The van der Waals surface area contributed by atoms with Crippen molar-refractivity contribution in [2.24, 2.45) is 0 Å². The molecule has 0 aliphatic carbocycles. The molecule has 0 bridgehead atoms. The van der Waals surface area contributed by atoms with Crippen molar-refractivity contribution in [2.45, 2.75) is 24.2 Å². The van der Waals surface area contributed by atoms with Crippen molar-refractivity contribution >= 4 is 33.2 Å². The second kappa shape index (κ2) is 6.45. The lowest BCUT2D eigenvalue weighted by Gasteiger charge is -2.24. The van der Waals surface area contributed by atoms with Gasteiger partial charge in [0.2, 0.25) is 11.8 Å². The molecule has 3 rings (SSSR count). The van der Waals surface area contributed by atoms with Crippen molar-refractivity contribution in [3.63, 3.8) is 0 Å². The van der Waals surface area contributed by atoms with Gasteiger partial charge in [-0.15, -0.1) is 0 Å². The molecule has 0 unspecified atom stereocenters. The van der Waals surface area contributed by atoms with E-state index in [4.69, 9.17) is 0 Å². The smallest absolute Gasteiger partial charge is 0.261 e. The van der Waals surface area contributed by atoms with Crippen LogP contribution in [-0.4, -0.2) is 20.2 Å². The van der Waals surface area contributed by atoms with Gasteiger partial charge in [0.25, 0.3) is 10.0 Å². The van der Waals surface area contributed by atoms with Crippen LogP contribution in [0.1, 0.15) is 19.3 Å². The highest BCUT2D eigenvalue weighted by Gasteiger charge is 2.27. The van der Waals surface area contributed by atoms with Gasteiger partial charge in [-0.25, -0.2) is 8.42 Å². The van der Waals surface area contributed by atoms with E-state index in [0.29, 0.717) is 30.6 Å². The summed E-state index contributed by atoms with van der Waals surface area (Å²) in [5, 5.41) is 0. The first kappa shape index (κ1) is 16.2. The molecule has 7 heteroatoms. The predicted octanol–water partition coefficient (Wildman–Crippen LogP) is 2.53. The molecule has 2 aromatic carbocycles. The number of sulfonamides is 1. The minimum absolute atomic E-state index is 0.0620. The average Bonchev–Trinajstić information content (AvgIpc) is 2.56. The van der Waals surface area contributed by atoms with E-state index < -0.39 is 10.0 Å². The molecule has 1 saturated heterocycles. The third-order valence-corrected chi connectivity index (χ3v) is 5.11. The number of rotatable bonds is 4. The van der Waals surface area contributed by atoms with Crippen LogP contribution in [0.2, 0.25) is 0 Å². The molecule has 1 aliphatic heterocycles. The lowest BCUT2D eigenvalue weighted by molar-refractivity contribution is -0.129. The van der Waals surface area contributed by atoms with Gasteiger partial charge in [0.05, 0.1) is 10.6 Å². The van der Waals surface area contributed by atoms with E-state index in [1.54, 1.807) is 30.3 Å². The highest BCUT2D eigenvalue weighted by atomic mass is 32.2. The molecule has 1 heterocycles. The molecule has 0 saturated carbocycles. The minimum Gasteiger partial charge on any atom is -0.280 e. The van der Waals surface area contributed by atoms with E-state index in [2.05, 4.69) is 4.72 Å². The van der Waals surface area contributed by atoms with Crippen molar-refractivity contribution < 1.29 is 18.0 Å². The van der Waals surface area contributed by atoms with Crippen molar-refractivity contribution in [1.82, 2.24) is 0 Å². The Bertz CT molecular complexity index is 845. The molecule has 24 heavy (non-hydrogen) atoms. The molecule has 0 aromatic heterocycles. The van der Waals surface area contributed by atoms with Gasteiger partial charge in [-0.3, -0.25) is 19.2 Å². The summed E-state index contributed by atoms with van der Waals surface area (Å²) in [6.07, 6.45) is 1.20. The molecule has 0 radical (unpaired) electrons. The Hall–Kier alpha value is -2.67. The zero-order valence-corrected chi connectivity index (χ0v) is 13.6. The summed E-state index contributed by atoms with van der Waals surface area (Å²) >= 11 is 0. The number of amides is 2. The molecule has 1 fully saturated rings. The number of carbonyl (C=O) groups is 2. The fourth-order valence-corrected chi connectivity index (χ4v) is 3.59. The predicted molar refractivity (Wildman–Crippen MR) is 90.0 cm³/mol. The van der Waals surface area contributed by atoms with Crippen molar-refractivity contribution in [1.29, 1.82) is 0 Å². The quantitative estimate of drug-likeness (QED) is 0.864. The standard InChI is InChI=1S/C17H16N2O4S/c20-16-7-4-8-17(21)19(16)14-9-11-15(12-10-14)24(22,23)18-13-5-2-1-3-6-13/h1-3,5-6,9-12,18H,4,7-8H2.